The Labute approximate surface area is 162 Å². The van der Waals surface area contributed by atoms with Crippen LogP contribution in [0.5, 0.6) is 11.5 Å². The number of nitrogens with zero attached hydrogens (tertiary/aromatic N) is 1. The normalized spacial score (nSPS) is 14.2. The minimum atomic E-state index is -0.352. The number of amides is 1. The summed E-state index contributed by atoms with van der Waals surface area (Å²) in [6.45, 7) is 3.56. The average molecular weight is 395 g/mol. The summed E-state index contributed by atoms with van der Waals surface area (Å²) in [6, 6.07) is 10.5. The Hall–Kier alpha value is -1.95. The van der Waals surface area contributed by atoms with Crippen LogP contribution >= 0.6 is 23.2 Å². The maximum absolute atomic E-state index is 12.5. The van der Waals surface area contributed by atoms with Gasteiger partial charge in [0.15, 0.2) is 11.5 Å². The quantitative estimate of drug-likeness (QED) is 0.824. The van der Waals surface area contributed by atoms with Crippen molar-refractivity contribution in [2.75, 3.05) is 25.6 Å². The summed E-state index contributed by atoms with van der Waals surface area (Å²) in [5.41, 5.74) is 1.58. The van der Waals surface area contributed by atoms with Crippen molar-refractivity contribution in [1.29, 1.82) is 0 Å². The molecule has 1 heterocycles. The minimum Gasteiger partial charge on any atom is -0.486 e. The number of likely N-dealkylation sites (N-methyl/N-ethyl adjacent to an activating group) is 1. The van der Waals surface area contributed by atoms with Gasteiger partial charge in [0, 0.05) is 11.6 Å². The topological polar surface area (TPSA) is 50.8 Å². The molecule has 0 saturated carbocycles. The van der Waals surface area contributed by atoms with Gasteiger partial charge in [-0.05, 0) is 49.9 Å². The molecular weight excluding hydrogens is 375 g/mol. The van der Waals surface area contributed by atoms with Crippen molar-refractivity contribution in [3.63, 3.8) is 0 Å². The van der Waals surface area contributed by atoms with Crippen LogP contribution in [0.25, 0.3) is 0 Å². The van der Waals surface area contributed by atoms with Crippen LogP contribution in [0.2, 0.25) is 10.0 Å². The Bertz CT molecular complexity index is 813. The Kier molecular flexibility index (Phi) is 5.91. The van der Waals surface area contributed by atoms with Crippen molar-refractivity contribution in [3.8, 4) is 11.5 Å². The summed E-state index contributed by atoms with van der Waals surface area (Å²) in [5, 5.41) is 3.77. The van der Waals surface area contributed by atoms with Gasteiger partial charge in [-0.25, -0.2) is 0 Å². The molecule has 2 aromatic rings. The minimum absolute atomic E-state index is 0.144. The van der Waals surface area contributed by atoms with Crippen molar-refractivity contribution in [2.24, 2.45) is 0 Å². The maximum atomic E-state index is 12.5. The molecule has 1 N–H and O–H groups in total. The first-order valence-electron chi connectivity index (χ1n) is 8.28. The van der Waals surface area contributed by atoms with Gasteiger partial charge in [0.2, 0.25) is 5.91 Å². The number of hydrogen-bond acceptors (Lipinski definition) is 4. The molecule has 1 aliphatic heterocycles. The highest BCUT2D eigenvalue weighted by Gasteiger charge is 2.20. The summed E-state index contributed by atoms with van der Waals surface area (Å²) in [5.74, 6) is 1.35. The number of benzene rings is 2. The molecule has 26 heavy (non-hydrogen) atoms. The molecule has 1 amide bonds. The van der Waals surface area contributed by atoms with Crippen molar-refractivity contribution in [1.82, 2.24) is 4.90 Å². The lowest BCUT2D eigenvalue weighted by atomic mass is 10.1. The molecule has 0 aliphatic carbocycles. The summed E-state index contributed by atoms with van der Waals surface area (Å²) in [7, 11) is 1.89. The van der Waals surface area contributed by atoms with Crippen LogP contribution in [-0.2, 0) is 11.3 Å². The Morgan fingerprint density at radius 3 is 2.62 bits per heavy atom. The van der Waals surface area contributed by atoms with Crippen LogP contribution < -0.4 is 14.8 Å². The predicted octanol–water partition coefficient (Wildman–Crippen LogP) is 4.22. The second-order valence-corrected chi connectivity index (χ2v) is 7.03. The molecule has 1 unspecified atom stereocenters. The summed E-state index contributed by atoms with van der Waals surface area (Å²) >= 11 is 12.0. The van der Waals surface area contributed by atoms with E-state index in [0.717, 1.165) is 17.1 Å². The largest absolute Gasteiger partial charge is 0.486 e. The van der Waals surface area contributed by atoms with Gasteiger partial charge in [0.1, 0.15) is 13.2 Å². The molecule has 3 rings (SSSR count). The standard InChI is InChI=1S/C19H20Cl2N2O3/c1-12(19(24)22-16-5-4-14(20)10-15(16)21)23(2)11-13-3-6-17-18(9-13)26-8-7-25-17/h3-6,9-10,12H,7-8,11H2,1-2H3,(H,22,24). The number of rotatable bonds is 5. The number of halogens is 2. The van der Waals surface area contributed by atoms with E-state index in [4.69, 9.17) is 32.7 Å². The number of carbonyl (C=O) groups excluding carboxylic acids is 1. The predicted molar refractivity (Wildman–Crippen MR) is 103 cm³/mol. The number of carbonyl (C=O) groups is 1. The molecule has 7 heteroatoms. The third-order valence-corrected chi connectivity index (χ3v) is 4.82. The zero-order valence-corrected chi connectivity index (χ0v) is 16.1. The van der Waals surface area contributed by atoms with Crippen LogP contribution in [0, 0.1) is 0 Å². The highest BCUT2D eigenvalue weighted by Crippen LogP contribution is 2.31. The first-order valence-corrected chi connectivity index (χ1v) is 9.04. The van der Waals surface area contributed by atoms with E-state index in [9.17, 15) is 4.79 Å². The van der Waals surface area contributed by atoms with Gasteiger partial charge in [-0.1, -0.05) is 29.3 Å². The van der Waals surface area contributed by atoms with Gasteiger partial charge < -0.3 is 14.8 Å². The fourth-order valence-electron chi connectivity index (χ4n) is 2.64. The van der Waals surface area contributed by atoms with Gasteiger partial charge >= 0.3 is 0 Å². The van der Waals surface area contributed by atoms with Gasteiger partial charge in [0.05, 0.1) is 16.8 Å². The summed E-state index contributed by atoms with van der Waals surface area (Å²) in [6.07, 6.45) is 0. The summed E-state index contributed by atoms with van der Waals surface area (Å²) in [4.78, 5) is 14.5. The third kappa shape index (κ3) is 4.41. The smallest absolute Gasteiger partial charge is 0.241 e. The van der Waals surface area contributed by atoms with E-state index < -0.39 is 0 Å². The van der Waals surface area contributed by atoms with Gasteiger partial charge in [-0.15, -0.1) is 0 Å². The van der Waals surface area contributed by atoms with E-state index in [1.54, 1.807) is 18.2 Å². The SMILES string of the molecule is CC(C(=O)Nc1ccc(Cl)cc1Cl)N(C)Cc1ccc2c(c1)OCCO2. The molecule has 138 valence electrons. The molecule has 2 aromatic carbocycles. The summed E-state index contributed by atoms with van der Waals surface area (Å²) < 4.78 is 11.1. The zero-order chi connectivity index (χ0) is 18.7. The van der Waals surface area contributed by atoms with Crippen LogP contribution in [0.1, 0.15) is 12.5 Å². The number of anilines is 1. The number of fused-ring (bicyclic) bond motifs is 1. The van der Waals surface area contributed by atoms with E-state index >= 15 is 0 Å². The highest BCUT2D eigenvalue weighted by atomic mass is 35.5. The van der Waals surface area contributed by atoms with E-state index in [1.165, 1.54) is 0 Å². The average Bonchev–Trinajstić information content (AvgIpc) is 2.63. The molecule has 0 aromatic heterocycles. The van der Waals surface area contributed by atoms with Gasteiger partial charge in [-0.2, -0.15) is 0 Å². The molecule has 0 bridgehead atoms. The fraction of sp³-hybridized carbons (Fsp3) is 0.316. The van der Waals surface area contributed by atoms with Gasteiger partial charge in [0.25, 0.3) is 0 Å². The van der Waals surface area contributed by atoms with Crippen LogP contribution in [-0.4, -0.2) is 37.1 Å². The fourth-order valence-corrected chi connectivity index (χ4v) is 3.09. The number of ether oxygens (including phenoxy) is 2. The Morgan fingerprint density at radius 1 is 1.15 bits per heavy atom. The molecule has 0 saturated heterocycles. The Morgan fingerprint density at radius 2 is 1.88 bits per heavy atom. The molecule has 1 aliphatic rings. The van der Waals surface area contributed by atoms with Crippen molar-refractivity contribution in [2.45, 2.75) is 19.5 Å². The van der Waals surface area contributed by atoms with E-state index in [0.29, 0.717) is 35.5 Å². The lowest BCUT2D eigenvalue weighted by Crippen LogP contribution is -2.39. The van der Waals surface area contributed by atoms with E-state index in [1.807, 2.05) is 37.1 Å². The first kappa shape index (κ1) is 18.8. The highest BCUT2D eigenvalue weighted by molar-refractivity contribution is 6.36. The van der Waals surface area contributed by atoms with E-state index in [2.05, 4.69) is 5.32 Å². The van der Waals surface area contributed by atoms with Crippen LogP contribution in [0.3, 0.4) is 0 Å². The molecule has 5 nitrogen and oxygen atoms in total. The lowest BCUT2D eigenvalue weighted by Gasteiger charge is -2.25. The number of hydrogen-bond donors (Lipinski definition) is 1. The Balaban J connectivity index is 1.63. The first-order chi connectivity index (χ1) is 12.4. The number of nitrogens with one attached hydrogen (secondary N) is 1. The van der Waals surface area contributed by atoms with Crippen molar-refractivity contribution < 1.29 is 14.3 Å². The second-order valence-electron chi connectivity index (χ2n) is 6.18. The monoisotopic (exact) mass is 394 g/mol. The van der Waals surface area contributed by atoms with Crippen LogP contribution in [0.15, 0.2) is 36.4 Å². The molecule has 0 fully saturated rings. The molecule has 0 radical (unpaired) electrons. The zero-order valence-electron chi connectivity index (χ0n) is 14.6. The van der Waals surface area contributed by atoms with Gasteiger partial charge in [-0.3, -0.25) is 9.69 Å². The molecular formula is C19H20Cl2N2O3. The van der Waals surface area contributed by atoms with Crippen LogP contribution in [0.4, 0.5) is 5.69 Å². The maximum Gasteiger partial charge on any atom is 0.241 e. The third-order valence-electron chi connectivity index (χ3n) is 4.27. The van der Waals surface area contributed by atoms with Crippen molar-refractivity contribution in [3.05, 3.63) is 52.0 Å². The molecule has 1 atom stereocenters. The van der Waals surface area contributed by atoms with Crippen molar-refractivity contribution >= 4 is 34.8 Å². The van der Waals surface area contributed by atoms with E-state index in [-0.39, 0.29) is 11.9 Å². The molecule has 0 spiro atoms. The lowest BCUT2D eigenvalue weighted by molar-refractivity contribution is -0.120. The second kappa shape index (κ2) is 8.16.